The zero-order chi connectivity index (χ0) is 22.1. The van der Waals surface area contributed by atoms with Crippen molar-refractivity contribution in [2.24, 2.45) is 0 Å². The van der Waals surface area contributed by atoms with Crippen molar-refractivity contribution in [3.05, 3.63) is 59.7 Å². The normalized spacial score (nSPS) is 14.2. The maximum atomic E-state index is 12.5. The molecule has 0 bridgehead atoms. The number of carbonyl (C=O) groups is 2. The molecule has 0 aliphatic carbocycles. The number of benzene rings is 2. The minimum Gasteiger partial charge on any atom is -0.493 e. The molecule has 166 valence electrons. The molecule has 1 N–H and O–H groups in total. The predicted octanol–water partition coefficient (Wildman–Crippen LogP) is 3.38. The van der Waals surface area contributed by atoms with Crippen LogP contribution in [0.15, 0.2) is 48.5 Å². The van der Waals surface area contributed by atoms with Crippen molar-refractivity contribution in [3.63, 3.8) is 0 Å². The van der Waals surface area contributed by atoms with Gasteiger partial charge < -0.3 is 19.7 Å². The van der Waals surface area contributed by atoms with E-state index in [0.29, 0.717) is 43.9 Å². The van der Waals surface area contributed by atoms with E-state index < -0.39 is 0 Å². The molecule has 0 aromatic heterocycles. The number of piperidine rings is 1. The Kier molecular flexibility index (Phi) is 8.33. The zero-order valence-electron chi connectivity index (χ0n) is 18.4. The number of ether oxygens (including phenoxy) is 2. The van der Waals surface area contributed by atoms with Crippen LogP contribution in [0.25, 0.3) is 0 Å². The highest BCUT2D eigenvalue weighted by atomic mass is 16.5. The van der Waals surface area contributed by atoms with E-state index >= 15 is 0 Å². The number of rotatable bonds is 9. The monoisotopic (exact) mass is 424 g/mol. The van der Waals surface area contributed by atoms with Gasteiger partial charge in [-0.2, -0.15) is 0 Å². The second-order valence-electron chi connectivity index (χ2n) is 7.90. The Labute approximate surface area is 184 Å². The first-order chi connectivity index (χ1) is 15.1. The lowest BCUT2D eigenvalue weighted by molar-refractivity contribution is -0.132. The minimum atomic E-state index is 0.0450. The predicted molar refractivity (Wildman–Crippen MR) is 120 cm³/mol. The molecule has 0 atom stereocenters. The molecule has 6 nitrogen and oxygen atoms in total. The van der Waals surface area contributed by atoms with E-state index in [2.05, 4.69) is 17.4 Å². The summed E-state index contributed by atoms with van der Waals surface area (Å²) in [6.07, 6.45) is 3.98. The SMILES string of the molecule is COc1ccc(CCC(=O)NC2CCN(C(=O)CCc3ccccc3)CC2)cc1OC. The summed E-state index contributed by atoms with van der Waals surface area (Å²) in [6.45, 7) is 1.41. The van der Waals surface area contributed by atoms with Crippen LogP contribution in [0.1, 0.15) is 36.8 Å². The van der Waals surface area contributed by atoms with Gasteiger partial charge in [-0.3, -0.25) is 9.59 Å². The van der Waals surface area contributed by atoms with E-state index in [4.69, 9.17) is 9.47 Å². The summed E-state index contributed by atoms with van der Waals surface area (Å²) in [4.78, 5) is 26.8. The van der Waals surface area contributed by atoms with Gasteiger partial charge in [0.05, 0.1) is 14.2 Å². The molecule has 0 unspecified atom stereocenters. The molecule has 6 heteroatoms. The number of nitrogens with one attached hydrogen (secondary N) is 1. The molecule has 3 rings (SSSR count). The second-order valence-corrected chi connectivity index (χ2v) is 7.90. The largest absolute Gasteiger partial charge is 0.493 e. The second kappa shape index (κ2) is 11.4. The van der Waals surface area contributed by atoms with Gasteiger partial charge in [-0.1, -0.05) is 36.4 Å². The molecule has 1 heterocycles. The van der Waals surface area contributed by atoms with Gasteiger partial charge in [-0.25, -0.2) is 0 Å². The number of hydrogen-bond donors (Lipinski definition) is 1. The molecule has 0 saturated carbocycles. The van der Waals surface area contributed by atoms with E-state index in [1.54, 1.807) is 14.2 Å². The first-order valence-electron chi connectivity index (χ1n) is 10.9. The number of likely N-dealkylation sites (tertiary alicyclic amines) is 1. The van der Waals surface area contributed by atoms with Crippen LogP contribution in [0, 0.1) is 0 Å². The van der Waals surface area contributed by atoms with Crippen LogP contribution in [0.5, 0.6) is 11.5 Å². The number of hydrogen-bond acceptors (Lipinski definition) is 4. The van der Waals surface area contributed by atoms with Crippen LogP contribution in [0.2, 0.25) is 0 Å². The third-order valence-corrected chi connectivity index (χ3v) is 5.77. The average Bonchev–Trinajstić information content (AvgIpc) is 2.82. The Morgan fingerprint density at radius 2 is 1.58 bits per heavy atom. The standard InChI is InChI=1S/C25H32N2O4/c1-30-22-11-8-20(18-23(22)31-2)9-12-24(28)26-21-14-16-27(17-15-21)25(29)13-10-19-6-4-3-5-7-19/h3-8,11,18,21H,9-10,12-17H2,1-2H3,(H,26,28). The molecule has 1 aliphatic heterocycles. The smallest absolute Gasteiger partial charge is 0.222 e. The van der Waals surface area contributed by atoms with Gasteiger partial charge in [-0.05, 0) is 48.9 Å². The highest BCUT2D eigenvalue weighted by Gasteiger charge is 2.23. The van der Waals surface area contributed by atoms with Gasteiger partial charge in [0.25, 0.3) is 0 Å². The number of nitrogens with zero attached hydrogens (tertiary/aromatic N) is 1. The van der Waals surface area contributed by atoms with E-state index in [-0.39, 0.29) is 17.9 Å². The lowest BCUT2D eigenvalue weighted by Gasteiger charge is -2.32. The van der Waals surface area contributed by atoms with E-state index in [1.807, 2.05) is 41.3 Å². The van der Waals surface area contributed by atoms with Crippen molar-refractivity contribution in [2.75, 3.05) is 27.3 Å². The first kappa shape index (κ1) is 22.7. The number of carbonyl (C=O) groups excluding carboxylic acids is 2. The summed E-state index contributed by atoms with van der Waals surface area (Å²) in [6, 6.07) is 15.9. The number of aryl methyl sites for hydroxylation is 2. The third kappa shape index (κ3) is 6.74. The number of methoxy groups -OCH3 is 2. The number of amides is 2. The summed E-state index contributed by atoms with van der Waals surface area (Å²) in [7, 11) is 3.21. The topological polar surface area (TPSA) is 67.9 Å². The fourth-order valence-electron chi connectivity index (χ4n) is 3.92. The molecule has 1 fully saturated rings. The van der Waals surface area contributed by atoms with E-state index in [1.165, 1.54) is 5.56 Å². The Morgan fingerprint density at radius 1 is 0.903 bits per heavy atom. The Morgan fingerprint density at radius 3 is 2.26 bits per heavy atom. The van der Waals surface area contributed by atoms with Crippen LogP contribution in [-0.4, -0.2) is 50.1 Å². The summed E-state index contributed by atoms with van der Waals surface area (Å²) >= 11 is 0. The van der Waals surface area contributed by atoms with Gasteiger partial charge in [0.2, 0.25) is 11.8 Å². The fourth-order valence-corrected chi connectivity index (χ4v) is 3.92. The Hall–Kier alpha value is -3.02. The minimum absolute atomic E-state index is 0.0450. The Bertz CT molecular complexity index is 861. The molecule has 2 amide bonds. The first-order valence-corrected chi connectivity index (χ1v) is 10.9. The summed E-state index contributed by atoms with van der Waals surface area (Å²) in [5, 5.41) is 3.12. The molecule has 2 aromatic carbocycles. The molecule has 1 saturated heterocycles. The zero-order valence-corrected chi connectivity index (χ0v) is 18.4. The van der Waals surface area contributed by atoms with Crippen LogP contribution in [-0.2, 0) is 22.4 Å². The Balaban J connectivity index is 1.37. The van der Waals surface area contributed by atoms with Gasteiger partial charge in [0, 0.05) is 32.0 Å². The average molecular weight is 425 g/mol. The van der Waals surface area contributed by atoms with Crippen LogP contribution in [0.4, 0.5) is 0 Å². The van der Waals surface area contributed by atoms with Crippen LogP contribution >= 0.6 is 0 Å². The van der Waals surface area contributed by atoms with E-state index in [0.717, 1.165) is 24.8 Å². The van der Waals surface area contributed by atoms with Crippen molar-refractivity contribution >= 4 is 11.8 Å². The van der Waals surface area contributed by atoms with Gasteiger partial charge >= 0.3 is 0 Å². The molecule has 2 aromatic rings. The van der Waals surface area contributed by atoms with Crippen LogP contribution < -0.4 is 14.8 Å². The molecule has 0 spiro atoms. The fraction of sp³-hybridized carbons (Fsp3) is 0.440. The molecular formula is C25H32N2O4. The van der Waals surface area contributed by atoms with Gasteiger partial charge in [0.15, 0.2) is 11.5 Å². The van der Waals surface area contributed by atoms with E-state index in [9.17, 15) is 9.59 Å². The van der Waals surface area contributed by atoms with Crippen molar-refractivity contribution in [1.29, 1.82) is 0 Å². The summed E-state index contributed by atoms with van der Waals surface area (Å²) in [5.41, 5.74) is 2.22. The summed E-state index contributed by atoms with van der Waals surface area (Å²) in [5.74, 6) is 1.59. The highest BCUT2D eigenvalue weighted by Crippen LogP contribution is 2.28. The molecule has 1 aliphatic rings. The molecular weight excluding hydrogens is 392 g/mol. The lowest BCUT2D eigenvalue weighted by atomic mass is 10.0. The molecule has 0 radical (unpaired) electrons. The van der Waals surface area contributed by atoms with Crippen molar-refractivity contribution in [2.45, 2.75) is 44.6 Å². The highest BCUT2D eigenvalue weighted by molar-refractivity contribution is 5.77. The third-order valence-electron chi connectivity index (χ3n) is 5.77. The van der Waals surface area contributed by atoms with Gasteiger partial charge in [-0.15, -0.1) is 0 Å². The molecule has 31 heavy (non-hydrogen) atoms. The van der Waals surface area contributed by atoms with Crippen LogP contribution in [0.3, 0.4) is 0 Å². The lowest BCUT2D eigenvalue weighted by Crippen LogP contribution is -2.46. The maximum absolute atomic E-state index is 12.5. The maximum Gasteiger partial charge on any atom is 0.222 e. The van der Waals surface area contributed by atoms with Gasteiger partial charge in [0.1, 0.15) is 0 Å². The van der Waals surface area contributed by atoms with Crippen molar-refractivity contribution in [1.82, 2.24) is 10.2 Å². The van der Waals surface area contributed by atoms with Crippen molar-refractivity contribution < 1.29 is 19.1 Å². The quantitative estimate of drug-likeness (QED) is 0.670. The summed E-state index contributed by atoms with van der Waals surface area (Å²) < 4.78 is 10.6. The van der Waals surface area contributed by atoms with Crippen molar-refractivity contribution in [3.8, 4) is 11.5 Å².